The van der Waals surface area contributed by atoms with E-state index in [2.05, 4.69) is 55.0 Å². The zero-order valence-electron chi connectivity index (χ0n) is 12.9. The van der Waals surface area contributed by atoms with E-state index in [1.807, 2.05) is 13.2 Å². The van der Waals surface area contributed by atoms with Crippen LogP contribution in [0.15, 0.2) is 18.3 Å². The van der Waals surface area contributed by atoms with Crippen molar-refractivity contribution in [2.24, 2.45) is 11.8 Å². The molecule has 2 heterocycles. The standard InChI is InChI=1S/C16H27N3/c1-11-8-12(2)14(4)19(10-11)16-7-6-15(9-18-16)13(3)17-5/h6-7,9,11-14,17H,8,10H2,1-5H3. The first kappa shape index (κ1) is 14.3. The average Bonchev–Trinajstić information content (AvgIpc) is 2.42. The van der Waals surface area contributed by atoms with Crippen molar-refractivity contribution in [3.8, 4) is 0 Å². The number of piperidine rings is 1. The third-order valence-corrected chi connectivity index (χ3v) is 4.60. The van der Waals surface area contributed by atoms with Gasteiger partial charge in [-0.2, -0.15) is 0 Å². The Morgan fingerprint density at radius 3 is 2.63 bits per heavy atom. The molecule has 1 aliphatic heterocycles. The van der Waals surface area contributed by atoms with Crippen molar-refractivity contribution in [2.45, 2.75) is 46.2 Å². The van der Waals surface area contributed by atoms with Crippen LogP contribution in [0.25, 0.3) is 0 Å². The van der Waals surface area contributed by atoms with Gasteiger partial charge in [-0.3, -0.25) is 0 Å². The molecule has 0 bridgehead atoms. The number of pyridine rings is 1. The number of hydrogen-bond donors (Lipinski definition) is 1. The van der Waals surface area contributed by atoms with Gasteiger partial charge in [0.2, 0.25) is 0 Å². The van der Waals surface area contributed by atoms with Gasteiger partial charge in [-0.05, 0) is 50.8 Å². The van der Waals surface area contributed by atoms with Gasteiger partial charge >= 0.3 is 0 Å². The molecule has 0 aromatic carbocycles. The molecule has 4 unspecified atom stereocenters. The van der Waals surface area contributed by atoms with Crippen LogP contribution in [0.3, 0.4) is 0 Å². The Morgan fingerprint density at radius 1 is 1.32 bits per heavy atom. The topological polar surface area (TPSA) is 28.2 Å². The molecule has 1 fully saturated rings. The van der Waals surface area contributed by atoms with Crippen LogP contribution in [0, 0.1) is 11.8 Å². The fourth-order valence-corrected chi connectivity index (χ4v) is 3.01. The predicted octanol–water partition coefficient (Wildman–Crippen LogP) is 3.23. The van der Waals surface area contributed by atoms with Gasteiger partial charge in [0.05, 0.1) is 0 Å². The molecular weight excluding hydrogens is 234 g/mol. The van der Waals surface area contributed by atoms with Crippen LogP contribution in [0.1, 0.15) is 45.7 Å². The highest BCUT2D eigenvalue weighted by Crippen LogP contribution is 2.30. The molecule has 0 saturated carbocycles. The molecule has 106 valence electrons. The minimum atomic E-state index is 0.359. The summed E-state index contributed by atoms with van der Waals surface area (Å²) in [6.45, 7) is 10.3. The van der Waals surface area contributed by atoms with Crippen LogP contribution in [-0.4, -0.2) is 24.6 Å². The minimum Gasteiger partial charge on any atom is -0.353 e. The van der Waals surface area contributed by atoms with Crippen molar-refractivity contribution in [2.75, 3.05) is 18.5 Å². The molecule has 0 radical (unpaired) electrons. The molecule has 19 heavy (non-hydrogen) atoms. The van der Waals surface area contributed by atoms with Crippen LogP contribution < -0.4 is 10.2 Å². The van der Waals surface area contributed by atoms with Gasteiger partial charge in [0, 0.05) is 24.8 Å². The van der Waals surface area contributed by atoms with E-state index in [1.165, 1.54) is 12.0 Å². The minimum absolute atomic E-state index is 0.359. The highest BCUT2D eigenvalue weighted by atomic mass is 15.2. The van der Waals surface area contributed by atoms with Crippen LogP contribution in [0.4, 0.5) is 5.82 Å². The zero-order chi connectivity index (χ0) is 14.0. The van der Waals surface area contributed by atoms with Gasteiger partial charge in [-0.1, -0.05) is 19.9 Å². The molecule has 1 saturated heterocycles. The zero-order valence-corrected chi connectivity index (χ0v) is 12.9. The highest BCUT2D eigenvalue weighted by Gasteiger charge is 2.29. The molecule has 1 N–H and O–H groups in total. The van der Waals surface area contributed by atoms with Gasteiger partial charge in [-0.25, -0.2) is 4.98 Å². The summed E-state index contributed by atoms with van der Waals surface area (Å²) in [4.78, 5) is 7.14. The summed E-state index contributed by atoms with van der Waals surface area (Å²) < 4.78 is 0. The summed E-state index contributed by atoms with van der Waals surface area (Å²) >= 11 is 0. The summed E-state index contributed by atoms with van der Waals surface area (Å²) in [6, 6.07) is 5.30. The number of nitrogens with zero attached hydrogens (tertiary/aromatic N) is 2. The maximum atomic E-state index is 4.68. The first-order chi connectivity index (χ1) is 9.02. The SMILES string of the molecule is CNC(C)c1ccc(N2CC(C)CC(C)C2C)nc1. The number of anilines is 1. The van der Waals surface area contributed by atoms with E-state index in [9.17, 15) is 0 Å². The third-order valence-electron chi connectivity index (χ3n) is 4.60. The van der Waals surface area contributed by atoms with Crippen molar-refractivity contribution in [3.05, 3.63) is 23.9 Å². The van der Waals surface area contributed by atoms with Gasteiger partial charge in [0.25, 0.3) is 0 Å². The summed E-state index contributed by atoms with van der Waals surface area (Å²) in [5, 5.41) is 3.25. The molecule has 1 aliphatic rings. The lowest BCUT2D eigenvalue weighted by Gasteiger charge is -2.42. The second-order valence-corrected chi connectivity index (χ2v) is 6.17. The Kier molecular flexibility index (Phi) is 4.46. The van der Waals surface area contributed by atoms with E-state index in [-0.39, 0.29) is 0 Å². The molecule has 0 aliphatic carbocycles. The fraction of sp³-hybridized carbons (Fsp3) is 0.688. The highest BCUT2D eigenvalue weighted by molar-refractivity contribution is 5.41. The molecule has 4 atom stereocenters. The summed E-state index contributed by atoms with van der Waals surface area (Å²) in [5.74, 6) is 2.61. The lowest BCUT2D eigenvalue weighted by molar-refractivity contribution is 0.295. The van der Waals surface area contributed by atoms with Gasteiger partial charge in [0.1, 0.15) is 5.82 Å². The summed E-state index contributed by atoms with van der Waals surface area (Å²) in [5.41, 5.74) is 1.25. The Balaban J connectivity index is 2.16. The molecule has 0 spiro atoms. The van der Waals surface area contributed by atoms with Crippen LogP contribution in [-0.2, 0) is 0 Å². The molecule has 0 amide bonds. The van der Waals surface area contributed by atoms with E-state index in [1.54, 1.807) is 0 Å². The first-order valence-electron chi connectivity index (χ1n) is 7.42. The Hall–Kier alpha value is -1.09. The van der Waals surface area contributed by atoms with Crippen LogP contribution >= 0.6 is 0 Å². The molecule has 3 heteroatoms. The first-order valence-corrected chi connectivity index (χ1v) is 7.42. The Bertz CT molecular complexity index is 401. The predicted molar refractivity (Wildman–Crippen MR) is 81.5 cm³/mol. The lowest BCUT2D eigenvalue weighted by atomic mass is 9.86. The summed E-state index contributed by atoms with van der Waals surface area (Å²) in [6.07, 6.45) is 3.33. The van der Waals surface area contributed by atoms with E-state index in [0.29, 0.717) is 12.1 Å². The van der Waals surface area contributed by atoms with Crippen LogP contribution in [0.2, 0.25) is 0 Å². The van der Waals surface area contributed by atoms with Crippen molar-refractivity contribution >= 4 is 5.82 Å². The van der Waals surface area contributed by atoms with E-state index in [0.717, 1.165) is 24.2 Å². The van der Waals surface area contributed by atoms with Gasteiger partial charge in [-0.15, -0.1) is 0 Å². The molecule has 1 aromatic heterocycles. The average molecular weight is 261 g/mol. The van der Waals surface area contributed by atoms with E-state index < -0.39 is 0 Å². The summed E-state index contributed by atoms with van der Waals surface area (Å²) in [7, 11) is 1.98. The van der Waals surface area contributed by atoms with Gasteiger partial charge in [0.15, 0.2) is 0 Å². The van der Waals surface area contributed by atoms with Crippen molar-refractivity contribution in [1.82, 2.24) is 10.3 Å². The van der Waals surface area contributed by atoms with E-state index >= 15 is 0 Å². The molecule has 1 aromatic rings. The normalized spacial score (nSPS) is 29.3. The lowest BCUT2D eigenvalue weighted by Crippen LogP contribution is -2.46. The number of aromatic nitrogens is 1. The molecule has 3 nitrogen and oxygen atoms in total. The molecular formula is C16H27N3. The van der Waals surface area contributed by atoms with Crippen molar-refractivity contribution in [1.29, 1.82) is 0 Å². The number of nitrogens with one attached hydrogen (secondary N) is 1. The fourth-order valence-electron chi connectivity index (χ4n) is 3.01. The van der Waals surface area contributed by atoms with Crippen LogP contribution in [0.5, 0.6) is 0 Å². The second-order valence-electron chi connectivity index (χ2n) is 6.17. The number of rotatable bonds is 3. The monoisotopic (exact) mass is 261 g/mol. The maximum Gasteiger partial charge on any atom is 0.128 e. The third kappa shape index (κ3) is 3.08. The Morgan fingerprint density at radius 2 is 2.05 bits per heavy atom. The Labute approximate surface area is 117 Å². The number of hydrogen-bond acceptors (Lipinski definition) is 3. The van der Waals surface area contributed by atoms with Crippen molar-refractivity contribution < 1.29 is 0 Å². The molecule has 2 rings (SSSR count). The largest absolute Gasteiger partial charge is 0.353 e. The van der Waals surface area contributed by atoms with Crippen molar-refractivity contribution in [3.63, 3.8) is 0 Å². The van der Waals surface area contributed by atoms with Gasteiger partial charge < -0.3 is 10.2 Å². The van der Waals surface area contributed by atoms with E-state index in [4.69, 9.17) is 0 Å². The maximum absolute atomic E-state index is 4.68. The smallest absolute Gasteiger partial charge is 0.128 e. The second kappa shape index (κ2) is 5.91. The quantitative estimate of drug-likeness (QED) is 0.905.